The van der Waals surface area contributed by atoms with Crippen molar-refractivity contribution in [3.05, 3.63) is 0 Å². The lowest BCUT2D eigenvalue weighted by atomic mass is 10.2. The van der Waals surface area contributed by atoms with Crippen LogP contribution >= 0.6 is 0 Å². The third kappa shape index (κ3) is 5.08. The summed E-state index contributed by atoms with van der Waals surface area (Å²) in [7, 11) is 4.77. The summed E-state index contributed by atoms with van der Waals surface area (Å²) in [6, 6.07) is 0. The van der Waals surface area contributed by atoms with E-state index in [0.717, 1.165) is 0 Å². The number of rotatable bonds is 0. The normalized spacial score (nSPS) is 41.7. The Bertz CT molecular complexity index is 313. The quantitative estimate of drug-likeness (QED) is 0.448. The molecule has 0 radical (unpaired) electrons. The molecule has 6 fully saturated rings. The Kier molecular flexibility index (Phi) is 5.65. The molecule has 6 aliphatic rings. The van der Waals surface area contributed by atoms with Crippen LogP contribution < -0.4 is 10.2 Å². The highest BCUT2D eigenvalue weighted by atomic mass is 16.6. The van der Waals surface area contributed by atoms with Crippen LogP contribution in [0.5, 0.6) is 0 Å². The van der Waals surface area contributed by atoms with Crippen molar-refractivity contribution in [2.24, 2.45) is 0 Å². The fourth-order valence-electron chi connectivity index (χ4n) is 3.64. The SMILES string of the molecule is C[N+]12CCN(CC1)CC2.C[N+]12CCN(CC1)CC2.O=C([O-])[O-]. The van der Waals surface area contributed by atoms with Gasteiger partial charge in [-0.05, 0) is 6.16 Å². The van der Waals surface area contributed by atoms with Crippen LogP contribution in [-0.4, -0.2) is 118 Å². The molecule has 0 spiro atoms. The van der Waals surface area contributed by atoms with Gasteiger partial charge in [0.15, 0.2) is 0 Å². The molecule has 0 aromatic carbocycles. The van der Waals surface area contributed by atoms with E-state index in [1.165, 1.54) is 87.5 Å². The van der Waals surface area contributed by atoms with Crippen molar-refractivity contribution in [2.45, 2.75) is 0 Å². The van der Waals surface area contributed by atoms with Gasteiger partial charge in [-0.15, -0.1) is 0 Å². The molecule has 0 aromatic rings. The molecule has 0 saturated carbocycles. The number of hydrogen-bond acceptors (Lipinski definition) is 5. The van der Waals surface area contributed by atoms with Crippen molar-refractivity contribution in [1.29, 1.82) is 0 Å². The predicted molar refractivity (Wildman–Crippen MR) is 79.8 cm³/mol. The molecule has 0 aliphatic carbocycles. The number of fused-ring (bicyclic) bond motifs is 6. The van der Waals surface area contributed by atoms with E-state index in [0.29, 0.717) is 0 Å². The molecule has 0 aromatic heterocycles. The van der Waals surface area contributed by atoms with Crippen LogP contribution in [-0.2, 0) is 0 Å². The molecule has 6 saturated heterocycles. The van der Waals surface area contributed by atoms with Crippen molar-refractivity contribution >= 4 is 6.16 Å². The molecule has 7 heteroatoms. The fraction of sp³-hybridized carbons (Fsp3) is 0.933. The topological polar surface area (TPSA) is 69.7 Å². The zero-order valence-electron chi connectivity index (χ0n) is 14.0. The van der Waals surface area contributed by atoms with Crippen molar-refractivity contribution in [3.8, 4) is 0 Å². The molecular weight excluding hydrogens is 284 g/mol. The van der Waals surface area contributed by atoms with Crippen molar-refractivity contribution in [2.75, 3.05) is 92.6 Å². The number of carbonyl (C=O) groups excluding carboxylic acids is 1. The number of nitrogens with zero attached hydrogens (tertiary/aromatic N) is 4. The highest BCUT2D eigenvalue weighted by Crippen LogP contribution is 2.16. The number of piperazine rings is 6. The molecule has 0 unspecified atom stereocenters. The number of carbonyl (C=O) groups is 1. The van der Waals surface area contributed by atoms with Crippen LogP contribution in [0, 0.1) is 0 Å². The van der Waals surface area contributed by atoms with Gasteiger partial charge < -0.3 is 24.0 Å². The lowest BCUT2D eigenvalue weighted by molar-refractivity contribution is -0.922. The van der Waals surface area contributed by atoms with Gasteiger partial charge in [0.1, 0.15) is 0 Å². The molecule has 6 aliphatic heterocycles. The number of likely N-dealkylation sites (N-methyl/N-ethyl adjacent to an activating group) is 2. The van der Waals surface area contributed by atoms with Crippen molar-refractivity contribution < 1.29 is 24.0 Å². The maximum Gasteiger partial charge on any atom is 0.0914 e. The zero-order chi connectivity index (χ0) is 16.2. The van der Waals surface area contributed by atoms with Gasteiger partial charge in [-0.1, -0.05) is 0 Å². The Morgan fingerprint density at radius 1 is 0.682 bits per heavy atom. The van der Waals surface area contributed by atoms with E-state index < -0.39 is 6.16 Å². The minimum absolute atomic E-state index is 1.34. The van der Waals surface area contributed by atoms with E-state index >= 15 is 0 Å². The number of hydrogen-bond donors (Lipinski definition) is 0. The van der Waals surface area contributed by atoms with Gasteiger partial charge in [0.25, 0.3) is 0 Å². The van der Waals surface area contributed by atoms with Crippen LogP contribution in [0.2, 0.25) is 0 Å². The third-order valence-electron chi connectivity index (χ3n) is 5.74. The summed E-state index contributed by atoms with van der Waals surface area (Å²) in [5, 5.41) is 16.7. The van der Waals surface area contributed by atoms with Crippen LogP contribution in [0.1, 0.15) is 0 Å². The zero-order valence-corrected chi connectivity index (χ0v) is 14.0. The fourth-order valence-corrected chi connectivity index (χ4v) is 3.64. The van der Waals surface area contributed by atoms with E-state index in [4.69, 9.17) is 15.0 Å². The van der Waals surface area contributed by atoms with E-state index in [-0.39, 0.29) is 0 Å². The Labute approximate surface area is 133 Å². The first-order valence-electron chi connectivity index (χ1n) is 8.30. The van der Waals surface area contributed by atoms with Crippen molar-refractivity contribution in [1.82, 2.24) is 9.80 Å². The smallest absolute Gasteiger partial charge is 0.0914 e. The lowest BCUT2D eigenvalue weighted by Crippen LogP contribution is -2.65. The van der Waals surface area contributed by atoms with Gasteiger partial charge in [-0.2, -0.15) is 0 Å². The molecule has 7 nitrogen and oxygen atoms in total. The Morgan fingerprint density at radius 3 is 0.955 bits per heavy atom. The van der Waals surface area contributed by atoms with Gasteiger partial charge in [-0.3, -0.25) is 9.80 Å². The maximum atomic E-state index is 8.33. The second-order valence-corrected chi connectivity index (χ2v) is 7.51. The summed E-state index contributed by atoms with van der Waals surface area (Å²) in [5.74, 6) is 0. The Balaban J connectivity index is 0.000000131. The van der Waals surface area contributed by atoms with Gasteiger partial charge in [0.2, 0.25) is 0 Å². The first kappa shape index (κ1) is 17.5. The first-order valence-corrected chi connectivity index (χ1v) is 8.30. The molecule has 6 heterocycles. The molecule has 4 bridgehead atoms. The monoisotopic (exact) mass is 314 g/mol. The summed E-state index contributed by atoms with van der Waals surface area (Å²) >= 11 is 0. The first-order chi connectivity index (χ1) is 10.3. The van der Waals surface area contributed by atoms with Gasteiger partial charge in [0, 0.05) is 39.3 Å². The van der Waals surface area contributed by atoms with Gasteiger partial charge in [-0.25, -0.2) is 0 Å². The average molecular weight is 314 g/mol. The third-order valence-corrected chi connectivity index (χ3v) is 5.74. The number of quaternary nitrogens is 2. The molecular formula is C15H30N4O3. The second kappa shape index (κ2) is 7.12. The minimum Gasteiger partial charge on any atom is -0.652 e. The van der Waals surface area contributed by atoms with Gasteiger partial charge >= 0.3 is 0 Å². The molecule has 6 rings (SSSR count). The summed E-state index contributed by atoms with van der Waals surface area (Å²) < 4.78 is 2.69. The number of carboxylic acid groups (broad SMARTS) is 2. The van der Waals surface area contributed by atoms with Crippen LogP contribution in [0.3, 0.4) is 0 Å². The van der Waals surface area contributed by atoms with Crippen LogP contribution in [0.4, 0.5) is 4.79 Å². The Morgan fingerprint density at radius 2 is 0.864 bits per heavy atom. The standard InChI is InChI=1S/2C7H15N2.CH2O3/c2*1-9-5-2-8(3-6-9)4-7-9;2-1(3)4/h2*2-7H2,1H3;(H2,2,3,4)/q2*+1;/p-2. The molecule has 0 amide bonds. The van der Waals surface area contributed by atoms with Crippen molar-refractivity contribution in [3.63, 3.8) is 0 Å². The molecule has 0 N–H and O–H groups in total. The van der Waals surface area contributed by atoms with E-state index in [1.54, 1.807) is 0 Å². The lowest BCUT2D eigenvalue weighted by Gasteiger charge is -2.48. The highest BCUT2D eigenvalue weighted by Gasteiger charge is 2.34. The summed E-state index contributed by atoms with van der Waals surface area (Å²) in [6.45, 7) is 16.4. The highest BCUT2D eigenvalue weighted by molar-refractivity contribution is 5.47. The summed E-state index contributed by atoms with van der Waals surface area (Å²) in [6.07, 6.45) is -2.33. The molecule has 0 atom stereocenters. The average Bonchev–Trinajstić information content (AvgIpc) is 2.49. The summed E-state index contributed by atoms with van der Waals surface area (Å²) in [4.78, 5) is 13.5. The van der Waals surface area contributed by atoms with E-state index in [2.05, 4.69) is 23.9 Å². The Hall–Kier alpha value is -0.890. The predicted octanol–water partition coefficient (Wildman–Crippen LogP) is -2.92. The van der Waals surface area contributed by atoms with E-state index in [9.17, 15) is 0 Å². The summed E-state index contributed by atoms with van der Waals surface area (Å²) in [5.41, 5.74) is 0. The van der Waals surface area contributed by atoms with E-state index in [1.807, 2.05) is 0 Å². The molecule has 22 heavy (non-hydrogen) atoms. The van der Waals surface area contributed by atoms with Gasteiger partial charge in [0.05, 0.1) is 53.4 Å². The minimum atomic E-state index is -2.33. The molecule has 128 valence electrons. The second-order valence-electron chi connectivity index (χ2n) is 7.51. The van der Waals surface area contributed by atoms with Crippen LogP contribution in [0.15, 0.2) is 0 Å². The maximum absolute atomic E-state index is 8.33. The van der Waals surface area contributed by atoms with Crippen LogP contribution in [0.25, 0.3) is 0 Å². The largest absolute Gasteiger partial charge is 0.652 e.